The van der Waals surface area contributed by atoms with E-state index in [0.29, 0.717) is 18.1 Å². The number of methoxy groups -OCH3 is 2. The Kier molecular flexibility index (Phi) is 7.09. The fourth-order valence-corrected chi connectivity index (χ4v) is 2.32. The lowest BCUT2D eigenvalue weighted by Crippen LogP contribution is -2.35. The molecule has 1 N–H and O–H groups in total. The summed E-state index contributed by atoms with van der Waals surface area (Å²) in [4.78, 5) is 12.1. The molecular formula is C21H25NO4. The van der Waals surface area contributed by atoms with E-state index in [1.54, 1.807) is 26.4 Å². The van der Waals surface area contributed by atoms with Gasteiger partial charge in [-0.1, -0.05) is 23.8 Å². The lowest BCUT2D eigenvalue weighted by atomic mass is 10.2. The zero-order chi connectivity index (χ0) is 18.9. The van der Waals surface area contributed by atoms with Crippen LogP contribution in [0.15, 0.2) is 48.5 Å². The van der Waals surface area contributed by atoms with Crippen molar-refractivity contribution >= 4 is 12.0 Å². The number of amides is 1. The maximum atomic E-state index is 12.1. The van der Waals surface area contributed by atoms with Gasteiger partial charge in [0.05, 0.1) is 20.3 Å². The molecule has 0 spiro atoms. The second-order valence-corrected chi connectivity index (χ2v) is 5.98. The largest absolute Gasteiger partial charge is 0.493 e. The van der Waals surface area contributed by atoms with E-state index in [0.717, 1.165) is 11.3 Å². The number of hydrogen-bond donors (Lipinski definition) is 1. The third-order valence-electron chi connectivity index (χ3n) is 3.74. The maximum absolute atomic E-state index is 12.1. The summed E-state index contributed by atoms with van der Waals surface area (Å²) in [6.45, 7) is 4.33. The van der Waals surface area contributed by atoms with Crippen LogP contribution in [-0.4, -0.2) is 32.8 Å². The summed E-state index contributed by atoms with van der Waals surface area (Å²) in [6.07, 6.45) is 3.22. The normalized spacial score (nSPS) is 11.8. The lowest BCUT2D eigenvalue weighted by molar-refractivity contribution is -0.117. The van der Waals surface area contributed by atoms with Crippen molar-refractivity contribution in [3.05, 3.63) is 59.7 Å². The van der Waals surface area contributed by atoms with Gasteiger partial charge in [-0.15, -0.1) is 0 Å². The van der Waals surface area contributed by atoms with Gasteiger partial charge in [-0.05, 0) is 49.8 Å². The molecule has 0 bridgehead atoms. The van der Waals surface area contributed by atoms with Crippen LogP contribution in [-0.2, 0) is 4.79 Å². The molecule has 0 saturated heterocycles. The predicted molar refractivity (Wildman–Crippen MR) is 103 cm³/mol. The van der Waals surface area contributed by atoms with Crippen LogP contribution in [0, 0.1) is 6.92 Å². The van der Waals surface area contributed by atoms with E-state index >= 15 is 0 Å². The van der Waals surface area contributed by atoms with Crippen LogP contribution in [0.3, 0.4) is 0 Å². The molecule has 2 aromatic rings. The van der Waals surface area contributed by atoms with Crippen molar-refractivity contribution in [2.24, 2.45) is 0 Å². The van der Waals surface area contributed by atoms with Gasteiger partial charge in [0.15, 0.2) is 11.5 Å². The molecule has 2 rings (SSSR count). The third kappa shape index (κ3) is 5.84. The van der Waals surface area contributed by atoms with Crippen LogP contribution < -0.4 is 19.5 Å². The fourth-order valence-electron chi connectivity index (χ4n) is 2.32. The molecule has 0 unspecified atom stereocenters. The van der Waals surface area contributed by atoms with Crippen molar-refractivity contribution in [3.8, 4) is 17.2 Å². The Morgan fingerprint density at radius 3 is 2.42 bits per heavy atom. The van der Waals surface area contributed by atoms with Gasteiger partial charge in [0.2, 0.25) is 5.91 Å². The number of carbonyl (C=O) groups excluding carboxylic acids is 1. The molecule has 0 aliphatic rings. The first-order chi connectivity index (χ1) is 12.5. The minimum absolute atomic E-state index is 0.112. The highest BCUT2D eigenvalue weighted by molar-refractivity contribution is 5.92. The number of aryl methyl sites for hydroxylation is 1. The molecular weight excluding hydrogens is 330 g/mol. The minimum Gasteiger partial charge on any atom is -0.493 e. The first kappa shape index (κ1) is 19.4. The fraction of sp³-hybridized carbons (Fsp3) is 0.286. The molecule has 0 aliphatic carbocycles. The molecule has 0 saturated carbocycles. The SMILES string of the molecule is COc1ccc(/C=C/C(=O)N[C@@H](C)COc2ccc(C)cc2)cc1OC. The highest BCUT2D eigenvalue weighted by atomic mass is 16.5. The van der Waals surface area contributed by atoms with E-state index in [2.05, 4.69) is 5.32 Å². The molecule has 0 radical (unpaired) electrons. The van der Waals surface area contributed by atoms with Crippen LogP contribution in [0.1, 0.15) is 18.1 Å². The monoisotopic (exact) mass is 355 g/mol. The molecule has 5 heteroatoms. The summed E-state index contributed by atoms with van der Waals surface area (Å²) in [6, 6.07) is 13.2. The summed E-state index contributed by atoms with van der Waals surface area (Å²) in [5, 5.41) is 2.88. The molecule has 1 amide bonds. The predicted octanol–water partition coefficient (Wildman–Crippen LogP) is 3.61. The average molecular weight is 355 g/mol. The van der Waals surface area contributed by atoms with Crippen LogP contribution in [0.5, 0.6) is 17.2 Å². The number of benzene rings is 2. The quantitative estimate of drug-likeness (QED) is 0.735. The van der Waals surface area contributed by atoms with Crippen LogP contribution >= 0.6 is 0 Å². The first-order valence-electron chi connectivity index (χ1n) is 8.42. The number of ether oxygens (including phenoxy) is 3. The second kappa shape index (κ2) is 9.51. The summed E-state index contributed by atoms with van der Waals surface area (Å²) in [5.74, 6) is 1.88. The van der Waals surface area contributed by atoms with Crippen molar-refractivity contribution in [2.45, 2.75) is 19.9 Å². The highest BCUT2D eigenvalue weighted by Gasteiger charge is 2.07. The van der Waals surface area contributed by atoms with E-state index in [4.69, 9.17) is 14.2 Å². The van der Waals surface area contributed by atoms with Crippen LogP contribution in [0.25, 0.3) is 6.08 Å². The van der Waals surface area contributed by atoms with Gasteiger partial charge in [-0.25, -0.2) is 0 Å². The minimum atomic E-state index is -0.181. The van der Waals surface area contributed by atoms with Gasteiger partial charge in [0, 0.05) is 6.08 Å². The van der Waals surface area contributed by atoms with Gasteiger partial charge in [-0.3, -0.25) is 4.79 Å². The molecule has 0 aromatic heterocycles. The number of carbonyl (C=O) groups is 1. The Hall–Kier alpha value is -2.95. The van der Waals surface area contributed by atoms with Gasteiger partial charge >= 0.3 is 0 Å². The third-order valence-corrected chi connectivity index (χ3v) is 3.74. The van der Waals surface area contributed by atoms with Crippen molar-refractivity contribution in [1.82, 2.24) is 5.32 Å². The van der Waals surface area contributed by atoms with E-state index in [1.807, 2.05) is 50.2 Å². The first-order valence-corrected chi connectivity index (χ1v) is 8.42. The summed E-state index contributed by atoms with van der Waals surface area (Å²) in [5.41, 5.74) is 2.03. The van der Waals surface area contributed by atoms with Gasteiger partial charge in [0.25, 0.3) is 0 Å². The molecule has 0 fully saturated rings. The van der Waals surface area contributed by atoms with E-state index in [9.17, 15) is 4.79 Å². The second-order valence-electron chi connectivity index (χ2n) is 5.98. The van der Waals surface area contributed by atoms with Crippen molar-refractivity contribution in [1.29, 1.82) is 0 Å². The maximum Gasteiger partial charge on any atom is 0.244 e. The molecule has 26 heavy (non-hydrogen) atoms. The topological polar surface area (TPSA) is 56.8 Å². The van der Waals surface area contributed by atoms with Crippen LogP contribution in [0.4, 0.5) is 0 Å². The smallest absolute Gasteiger partial charge is 0.244 e. The molecule has 138 valence electrons. The molecule has 2 aromatic carbocycles. The van der Waals surface area contributed by atoms with Gasteiger partial charge in [0.1, 0.15) is 12.4 Å². The summed E-state index contributed by atoms with van der Waals surface area (Å²) < 4.78 is 16.1. The molecule has 1 atom stereocenters. The van der Waals surface area contributed by atoms with Gasteiger partial charge < -0.3 is 19.5 Å². The molecule has 5 nitrogen and oxygen atoms in total. The van der Waals surface area contributed by atoms with Crippen molar-refractivity contribution in [3.63, 3.8) is 0 Å². The summed E-state index contributed by atoms with van der Waals surface area (Å²) >= 11 is 0. The average Bonchev–Trinajstić information content (AvgIpc) is 2.65. The van der Waals surface area contributed by atoms with E-state index in [1.165, 1.54) is 11.6 Å². The van der Waals surface area contributed by atoms with E-state index in [-0.39, 0.29) is 11.9 Å². The molecule has 0 aliphatic heterocycles. The Labute approximate surface area is 154 Å². The Balaban J connectivity index is 1.85. The Morgan fingerprint density at radius 1 is 1.08 bits per heavy atom. The van der Waals surface area contributed by atoms with Crippen molar-refractivity contribution < 1.29 is 19.0 Å². The number of nitrogens with one attached hydrogen (secondary N) is 1. The van der Waals surface area contributed by atoms with E-state index < -0.39 is 0 Å². The zero-order valence-corrected chi connectivity index (χ0v) is 15.6. The molecule has 0 heterocycles. The number of hydrogen-bond acceptors (Lipinski definition) is 4. The standard InChI is InChI=1S/C21H25NO4/c1-15-5-9-18(10-6-15)26-14-16(2)22-21(23)12-8-17-7-11-19(24-3)20(13-17)25-4/h5-13,16H,14H2,1-4H3,(H,22,23)/b12-8+/t16-/m0/s1. The summed E-state index contributed by atoms with van der Waals surface area (Å²) in [7, 11) is 3.16. The zero-order valence-electron chi connectivity index (χ0n) is 15.6. The number of rotatable bonds is 8. The van der Waals surface area contributed by atoms with Crippen molar-refractivity contribution in [2.75, 3.05) is 20.8 Å². The lowest BCUT2D eigenvalue weighted by Gasteiger charge is -2.14. The Bertz CT molecular complexity index is 753. The highest BCUT2D eigenvalue weighted by Crippen LogP contribution is 2.27. The Morgan fingerprint density at radius 2 is 1.77 bits per heavy atom. The van der Waals surface area contributed by atoms with Gasteiger partial charge in [-0.2, -0.15) is 0 Å². The van der Waals surface area contributed by atoms with Crippen LogP contribution in [0.2, 0.25) is 0 Å².